The normalized spacial score (nSPS) is 20.1. The number of carbonyl (C=O) groups is 3. The fourth-order valence-electron chi connectivity index (χ4n) is 3.52. The zero-order valence-corrected chi connectivity index (χ0v) is 17.9. The highest BCUT2D eigenvalue weighted by Gasteiger charge is 2.39. The van der Waals surface area contributed by atoms with Crippen LogP contribution in [0.25, 0.3) is 0 Å². The van der Waals surface area contributed by atoms with E-state index in [2.05, 4.69) is 0 Å². The highest BCUT2D eigenvalue weighted by Crippen LogP contribution is 2.40. The zero-order chi connectivity index (χ0) is 21.8. The van der Waals surface area contributed by atoms with Gasteiger partial charge < -0.3 is 28.7 Å². The summed E-state index contributed by atoms with van der Waals surface area (Å²) in [6.07, 6.45) is -0.950. The van der Waals surface area contributed by atoms with Crippen LogP contribution >= 0.6 is 11.6 Å². The van der Waals surface area contributed by atoms with Gasteiger partial charge in [-0.2, -0.15) is 0 Å². The fraction of sp³-hybridized carbons (Fsp3) is 0.550. The Kier molecular flexibility index (Phi) is 7.04. The highest BCUT2D eigenvalue weighted by atomic mass is 35.5. The molecular formula is C20H25ClN2O7. The Balaban J connectivity index is 1.67. The van der Waals surface area contributed by atoms with Crippen molar-refractivity contribution in [2.24, 2.45) is 5.92 Å². The zero-order valence-electron chi connectivity index (χ0n) is 17.2. The van der Waals surface area contributed by atoms with Gasteiger partial charge in [-0.05, 0) is 13.0 Å². The standard InChI is InChI=1S/C20H25ClN2O7/c1-12(19(25)22-4-6-29-7-5-22)30-20(26)13-8-18(24)23(11-13)15-9-14(21)16(27-2)10-17(15)28-3/h9-10,12-13H,4-8,11H2,1-3H3/t12-,13-/m0/s1. The molecule has 0 aliphatic carbocycles. The summed E-state index contributed by atoms with van der Waals surface area (Å²) in [4.78, 5) is 40.7. The number of amides is 2. The van der Waals surface area contributed by atoms with Crippen LogP contribution in [-0.2, 0) is 23.9 Å². The van der Waals surface area contributed by atoms with Gasteiger partial charge in [0.15, 0.2) is 6.10 Å². The summed E-state index contributed by atoms with van der Waals surface area (Å²) in [6.45, 7) is 3.50. The van der Waals surface area contributed by atoms with E-state index in [1.807, 2.05) is 0 Å². The van der Waals surface area contributed by atoms with Gasteiger partial charge in [-0.15, -0.1) is 0 Å². The van der Waals surface area contributed by atoms with Crippen LogP contribution in [0.3, 0.4) is 0 Å². The monoisotopic (exact) mass is 440 g/mol. The maximum Gasteiger partial charge on any atom is 0.312 e. The molecule has 3 rings (SSSR count). The van der Waals surface area contributed by atoms with E-state index in [0.29, 0.717) is 48.5 Å². The van der Waals surface area contributed by atoms with Gasteiger partial charge in [-0.1, -0.05) is 11.6 Å². The van der Waals surface area contributed by atoms with Crippen LogP contribution in [-0.4, -0.2) is 75.9 Å². The number of esters is 1. The molecule has 9 nitrogen and oxygen atoms in total. The second-order valence-corrected chi connectivity index (χ2v) is 7.49. The number of carbonyl (C=O) groups excluding carboxylic acids is 3. The van der Waals surface area contributed by atoms with Crippen molar-refractivity contribution in [2.45, 2.75) is 19.4 Å². The largest absolute Gasteiger partial charge is 0.495 e. The first-order chi connectivity index (χ1) is 14.3. The number of ether oxygens (including phenoxy) is 4. The molecule has 0 bridgehead atoms. The molecule has 2 aliphatic rings. The molecule has 2 fully saturated rings. The Morgan fingerprint density at radius 3 is 2.47 bits per heavy atom. The van der Waals surface area contributed by atoms with Crippen molar-refractivity contribution >= 4 is 35.1 Å². The number of hydrogen-bond acceptors (Lipinski definition) is 7. The first-order valence-electron chi connectivity index (χ1n) is 9.64. The van der Waals surface area contributed by atoms with Gasteiger partial charge in [0.1, 0.15) is 11.5 Å². The Bertz CT molecular complexity index is 826. The van der Waals surface area contributed by atoms with Gasteiger partial charge in [0.25, 0.3) is 5.91 Å². The fourth-order valence-corrected chi connectivity index (χ4v) is 3.75. The third-order valence-corrected chi connectivity index (χ3v) is 5.46. The van der Waals surface area contributed by atoms with Crippen molar-refractivity contribution in [3.63, 3.8) is 0 Å². The van der Waals surface area contributed by atoms with Gasteiger partial charge in [-0.3, -0.25) is 14.4 Å². The predicted octanol–water partition coefficient (Wildman–Crippen LogP) is 1.50. The summed E-state index contributed by atoms with van der Waals surface area (Å²) >= 11 is 6.20. The van der Waals surface area contributed by atoms with Gasteiger partial charge >= 0.3 is 5.97 Å². The minimum absolute atomic E-state index is 0.0237. The Hall–Kier alpha value is -2.52. The molecule has 0 radical (unpaired) electrons. The summed E-state index contributed by atoms with van der Waals surface area (Å²) in [5, 5.41) is 0.317. The van der Waals surface area contributed by atoms with Crippen molar-refractivity contribution in [2.75, 3.05) is 52.0 Å². The maximum atomic E-state index is 12.6. The summed E-state index contributed by atoms with van der Waals surface area (Å²) in [5.74, 6) is -0.994. The van der Waals surface area contributed by atoms with Crippen LogP contribution in [0.15, 0.2) is 12.1 Å². The summed E-state index contributed by atoms with van der Waals surface area (Å²) in [6, 6.07) is 3.15. The lowest BCUT2D eigenvalue weighted by Gasteiger charge is -2.29. The SMILES string of the molecule is COc1cc(OC)c(N2C[C@@H](C(=O)O[C@@H](C)C(=O)N3CCOCC3)CC2=O)cc1Cl. The number of nitrogens with zero attached hydrogens (tertiary/aromatic N) is 2. The van der Waals surface area contributed by atoms with Crippen LogP contribution in [0.5, 0.6) is 11.5 Å². The number of methoxy groups -OCH3 is 2. The molecule has 0 aromatic heterocycles. The van der Waals surface area contributed by atoms with E-state index >= 15 is 0 Å². The maximum absolute atomic E-state index is 12.6. The molecule has 0 spiro atoms. The number of anilines is 1. The quantitative estimate of drug-likeness (QED) is 0.618. The Morgan fingerprint density at radius 1 is 1.17 bits per heavy atom. The third-order valence-electron chi connectivity index (χ3n) is 5.17. The van der Waals surface area contributed by atoms with E-state index in [1.54, 1.807) is 17.0 Å². The lowest BCUT2D eigenvalue weighted by molar-refractivity contribution is -0.163. The molecule has 2 heterocycles. The van der Waals surface area contributed by atoms with Crippen molar-refractivity contribution in [3.8, 4) is 11.5 Å². The Morgan fingerprint density at radius 2 is 1.83 bits per heavy atom. The molecule has 164 valence electrons. The third kappa shape index (κ3) is 4.62. The van der Waals surface area contributed by atoms with E-state index in [1.165, 1.54) is 26.0 Å². The number of rotatable bonds is 6. The van der Waals surface area contributed by atoms with Crippen LogP contribution in [0.2, 0.25) is 5.02 Å². The van der Waals surface area contributed by atoms with Crippen molar-refractivity contribution in [1.82, 2.24) is 4.90 Å². The van der Waals surface area contributed by atoms with Gasteiger partial charge in [0.05, 0.1) is 44.1 Å². The molecular weight excluding hydrogens is 416 g/mol. The summed E-state index contributed by atoms with van der Waals surface area (Å²) in [5.41, 5.74) is 0.445. The van der Waals surface area contributed by atoms with Gasteiger partial charge in [0.2, 0.25) is 5.91 Å². The van der Waals surface area contributed by atoms with Gasteiger partial charge in [-0.25, -0.2) is 0 Å². The topological polar surface area (TPSA) is 94.6 Å². The molecule has 1 aromatic rings. The van der Waals surface area contributed by atoms with E-state index in [9.17, 15) is 14.4 Å². The van der Waals surface area contributed by atoms with E-state index < -0.39 is 18.0 Å². The number of halogens is 1. The van der Waals surface area contributed by atoms with Crippen LogP contribution < -0.4 is 14.4 Å². The molecule has 2 saturated heterocycles. The number of hydrogen-bond donors (Lipinski definition) is 0. The molecule has 0 saturated carbocycles. The smallest absolute Gasteiger partial charge is 0.312 e. The highest BCUT2D eigenvalue weighted by molar-refractivity contribution is 6.32. The van der Waals surface area contributed by atoms with Crippen molar-refractivity contribution in [3.05, 3.63) is 17.2 Å². The lowest BCUT2D eigenvalue weighted by Crippen LogP contribution is -2.46. The average molecular weight is 441 g/mol. The van der Waals surface area contributed by atoms with Crippen LogP contribution in [0, 0.1) is 5.92 Å². The van der Waals surface area contributed by atoms with Crippen LogP contribution in [0.1, 0.15) is 13.3 Å². The molecule has 2 aliphatic heterocycles. The lowest BCUT2D eigenvalue weighted by atomic mass is 10.1. The minimum Gasteiger partial charge on any atom is -0.495 e. The first-order valence-corrected chi connectivity index (χ1v) is 10.0. The molecule has 2 atom stereocenters. The number of benzene rings is 1. The molecule has 0 N–H and O–H groups in total. The van der Waals surface area contributed by atoms with Crippen LogP contribution in [0.4, 0.5) is 5.69 Å². The van der Waals surface area contributed by atoms with E-state index in [-0.39, 0.29) is 24.8 Å². The first kappa shape index (κ1) is 22.2. The summed E-state index contributed by atoms with van der Waals surface area (Å²) in [7, 11) is 2.95. The number of morpholine rings is 1. The summed E-state index contributed by atoms with van der Waals surface area (Å²) < 4.78 is 21.1. The molecule has 10 heteroatoms. The van der Waals surface area contributed by atoms with E-state index in [4.69, 9.17) is 30.5 Å². The molecule has 2 amide bonds. The molecule has 0 unspecified atom stereocenters. The average Bonchev–Trinajstić information content (AvgIpc) is 3.15. The predicted molar refractivity (Wildman–Crippen MR) is 108 cm³/mol. The van der Waals surface area contributed by atoms with E-state index in [0.717, 1.165) is 0 Å². The molecule has 30 heavy (non-hydrogen) atoms. The second kappa shape index (κ2) is 9.53. The minimum atomic E-state index is -0.926. The Labute approximate surface area is 179 Å². The molecule has 1 aromatic carbocycles. The second-order valence-electron chi connectivity index (χ2n) is 7.08. The van der Waals surface area contributed by atoms with Crippen molar-refractivity contribution < 1.29 is 33.3 Å². The van der Waals surface area contributed by atoms with Gasteiger partial charge in [0, 0.05) is 32.1 Å². The van der Waals surface area contributed by atoms with Crippen molar-refractivity contribution in [1.29, 1.82) is 0 Å².